The molecule has 0 aromatic carbocycles. The van der Waals surface area contributed by atoms with Crippen LogP contribution < -0.4 is 0 Å². The minimum absolute atomic E-state index is 0.0395. The minimum Gasteiger partial charge on any atom is -0.481 e. The minimum atomic E-state index is -1.25. The molecule has 1 aliphatic carbocycles. The molecule has 0 unspecified atom stereocenters. The van der Waals surface area contributed by atoms with E-state index in [9.17, 15) is 14.4 Å². The van der Waals surface area contributed by atoms with Crippen molar-refractivity contribution in [1.82, 2.24) is 0 Å². The molecule has 1 rings (SSSR count). The van der Waals surface area contributed by atoms with E-state index in [-0.39, 0.29) is 18.3 Å². The largest absolute Gasteiger partial charge is 0.481 e. The van der Waals surface area contributed by atoms with E-state index in [4.69, 9.17) is 5.11 Å². The molecule has 5 heteroatoms. The quantitative estimate of drug-likeness (QED) is 0.482. The summed E-state index contributed by atoms with van der Waals surface area (Å²) in [6.45, 7) is -0.281. The van der Waals surface area contributed by atoms with Gasteiger partial charge < -0.3 is 9.84 Å². The van der Waals surface area contributed by atoms with Gasteiger partial charge in [-0.25, -0.2) is 0 Å². The highest BCUT2D eigenvalue weighted by atomic mass is 16.5. The van der Waals surface area contributed by atoms with E-state index >= 15 is 0 Å². The van der Waals surface area contributed by atoms with Gasteiger partial charge in [0.2, 0.25) is 0 Å². The number of hydrogen-bond acceptors (Lipinski definition) is 4. The van der Waals surface area contributed by atoms with Crippen LogP contribution in [0.4, 0.5) is 0 Å². The molecule has 13 heavy (non-hydrogen) atoms. The lowest BCUT2D eigenvalue weighted by Gasteiger charge is -2.00. The van der Waals surface area contributed by atoms with Gasteiger partial charge in [0.15, 0.2) is 5.78 Å². The van der Waals surface area contributed by atoms with E-state index in [1.54, 1.807) is 0 Å². The average Bonchev–Trinajstić information content (AvgIpc) is 2.80. The van der Waals surface area contributed by atoms with Crippen LogP contribution in [0.2, 0.25) is 0 Å². The van der Waals surface area contributed by atoms with Crippen LogP contribution in [-0.2, 0) is 19.1 Å². The van der Waals surface area contributed by atoms with Crippen molar-refractivity contribution < 1.29 is 24.2 Å². The van der Waals surface area contributed by atoms with Gasteiger partial charge in [0.25, 0.3) is 0 Å². The molecule has 72 valence electrons. The van der Waals surface area contributed by atoms with Crippen LogP contribution >= 0.6 is 0 Å². The molecule has 0 saturated heterocycles. The molecule has 0 amide bonds. The first-order valence-electron chi connectivity index (χ1n) is 3.99. The SMILES string of the molecule is O=C(O)CC(=O)OCC(=O)C1CC1. The molecule has 0 spiro atoms. The third-order valence-electron chi connectivity index (χ3n) is 1.70. The third kappa shape index (κ3) is 3.68. The number of esters is 1. The lowest BCUT2D eigenvalue weighted by atomic mass is 10.3. The Morgan fingerprint density at radius 2 is 1.92 bits per heavy atom. The van der Waals surface area contributed by atoms with Crippen LogP contribution in [0, 0.1) is 5.92 Å². The second-order valence-corrected chi connectivity index (χ2v) is 2.97. The number of carboxylic acid groups (broad SMARTS) is 1. The molecule has 1 N–H and O–H groups in total. The van der Waals surface area contributed by atoms with E-state index in [0.717, 1.165) is 12.8 Å². The number of carbonyl (C=O) groups is 3. The maximum atomic E-state index is 11.0. The van der Waals surface area contributed by atoms with Gasteiger partial charge in [-0.3, -0.25) is 14.4 Å². The topological polar surface area (TPSA) is 80.7 Å². The Hall–Kier alpha value is -1.39. The van der Waals surface area contributed by atoms with Crippen molar-refractivity contribution in [3.8, 4) is 0 Å². The summed E-state index contributed by atoms with van der Waals surface area (Å²) in [5.74, 6) is -2.18. The summed E-state index contributed by atoms with van der Waals surface area (Å²) >= 11 is 0. The second-order valence-electron chi connectivity index (χ2n) is 2.97. The highest BCUT2D eigenvalue weighted by molar-refractivity contribution is 5.92. The zero-order chi connectivity index (χ0) is 9.84. The fraction of sp³-hybridized carbons (Fsp3) is 0.625. The Balaban J connectivity index is 2.13. The third-order valence-corrected chi connectivity index (χ3v) is 1.70. The van der Waals surface area contributed by atoms with E-state index in [0.29, 0.717) is 0 Å². The highest BCUT2D eigenvalue weighted by Crippen LogP contribution is 2.29. The molecule has 1 fully saturated rings. The molecule has 0 radical (unpaired) electrons. The van der Waals surface area contributed by atoms with Crippen LogP contribution in [-0.4, -0.2) is 29.4 Å². The Morgan fingerprint density at radius 1 is 1.31 bits per heavy atom. The number of Topliss-reactive ketones (excluding diaryl/α,β-unsaturated/α-hetero) is 1. The standard InChI is InChI=1S/C8H10O5/c9-6(5-1-2-5)4-13-8(12)3-7(10)11/h5H,1-4H2,(H,10,11). The average molecular weight is 186 g/mol. The van der Waals surface area contributed by atoms with Gasteiger partial charge in [-0.2, -0.15) is 0 Å². The lowest BCUT2D eigenvalue weighted by molar-refractivity contribution is -0.154. The molecule has 0 aliphatic heterocycles. The molecular weight excluding hydrogens is 176 g/mol. The van der Waals surface area contributed by atoms with Gasteiger partial charge in [0, 0.05) is 5.92 Å². The van der Waals surface area contributed by atoms with Gasteiger partial charge in [-0.15, -0.1) is 0 Å². The van der Waals surface area contributed by atoms with Gasteiger partial charge in [0.05, 0.1) is 0 Å². The van der Waals surface area contributed by atoms with Crippen molar-refractivity contribution in [3.63, 3.8) is 0 Å². The number of aliphatic carboxylic acids is 1. The Morgan fingerprint density at radius 3 is 2.38 bits per heavy atom. The maximum absolute atomic E-state index is 11.0. The number of hydrogen-bond donors (Lipinski definition) is 1. The molecule has 0 atom stereocenters. The molecule has 0 bridgehead atoms. The Labute approximate surface area is 74.7 Å². The zero-order valence-corrected chi connectivity index (χ0v) is 6.99. The van der Waals surface area contributed by atoms with Gasteiger partial charge in [0.1, 0.15) is 13.0 Å². The fourth-order valence-corrected chi connectivity index (χ4v) is 0.849. The van der Waals surface area contributed by atoms with Crippen molar-refractivity contribution in [1.29, 1.82) is 0 Å². The van der Waals surface area contributed by atoms with E-state index in [1.165, 1.54) is 0 Å². The van der Waals surface area contributed by atoms with E-state index in [1.807, 2.05) is 0 Å². The summed E-state index contributed by atoms with van der Waals surface area (Å²) in [4.78, 5) is 31.6. The fourth-order valence-electron chi connectivity index (χ4n) is 0.849. The predicted molar refractivity (Wildman–Crippen MR) is 40.9 cm³/mol. The Kier molecular flexibility index (Phi) is 3.00. The smallest absolute Gasteiger partial charge is 0.317 e. The first kappa shape index (κ1) is 9.70. The zero-order valence-electron chi connectivity index (χ0n) is 6.99. The normalized spacial score (nSPS) is 15.1. The monoisotopic (exact) mass is 186 g/mol. The molecule has 0 aromatic heterocycles. The van der Waals surface area contributed by atoms with Crippen LogP contribution in [0.3, 0.4) is 0 Å². The van der Waals surface area contributed by atoms with Gasteiger partial charge in [-0.1, -0.05) is 0 Å². The Bertz CT molecular complexity index is 241. The summed E-state index contributed by atoms with van der Waals surface area (Å²) in [6, 6.07) is 0. The first-order valence-corrected chi connectivity index (χ1v) is 3.99. The van der Waals surface area contributed by atoms with Crippen LogP contribution in [0.25, 0.3) is 0 Å². The maximum Gasteiger partial charge on any atom is 0.317 e. The molecule has 0 heterocycles. The predicted octanol–water partition coefficient (Wildman–Crippen LogP) is -0.0166. The summed E-state index contributed by atoms with van der Waals surface area (Å²) in [7, 11) is 0. The van der Waals surface area contributed by atoms with Gasteiger partial charge in [-0.05, 0) is 12.8 Å². The van der Waals surface area contributed by atoms with Crippen molar-refractivity contribution in [2.24, 2.45) is 5.92 Å². The van der Waals surface area contributed by atoms with Crippen molar-refractivity contribution >= 4 is 17.7 Å². The molecule has 5 nitrogen and oxygen atoms in total. The highest BCUT2D eigenvalue weighted by Gasteiger charge is 2.30. The number of carboxylic acids is 1. The molecule has 1 aliphatic rings. The summed E-state index contributed by atoms with van der Waals surface area (Å²) < 4.78 is 4.45. The first-order chi connectivity index (χ1) is 6.09. The number of rotatable bonds is 5. The number of ketones is 1. The molecule has 1 saturated carbocycles. The van der Waals surface area contributed by atoms with Crippen molar-refractivity contribution in [3.05, 3.63) is 0 Å². The van der Waals surface area contributed by atoms with Crippen LogP contribution in [0.5, 0.6) is 0 Å². The van der Waals surface area contributed by atoms with Crippen molar-refractivity contribution in [2.75, 3.05) is 6.61 Å². The summed E-state index contributed by atoms with van der Waals surface area (Å²) in [6.07, 6.45) is 1.03. The number of carbonyl (C=O) groups excluding carboxylic acids is 2. The summed E-state index contributed by atoms with van der Waals surface area (Å²) in [5.41, 5.74) is 0. The second kappa shape index (κ2) is 4.02. The molecular formula is C8H10O5. The van der Waals surface area contributed by atoms with Gasteiger partial charge >= 0.3 is 11.9 Å². The van der Waals surface area contributed by atoms with E-state index in [2.05, 4.69) is 4.74 Å². The van der Waals surface area contributed by atoms with E-state index < -0.39 is 18.4 Å². The summed E-state index contributed by atoms with van der Waals surface area (Å²) in [5, 5.41) is 8.18. The molecule has 0 aromatic rings. The van der Waals surface area contributed by atoms with Crippen LogP contribution in [0.15, 0.2) is 0 Å². The number of ether oxygens (including phenoxy) is 1. The lowest BCUT2D eigenvalue weighted by Crippen LogP contribution is -2.17. The van der Waals surface area contributed by atoms with Crippen molar-refractivity contribution in [2.45, 2.75) is 19.3 Å². The van der Waals surface area contributed by atoms with Crippen LogP contribution in [0.1, 0.15) is 19.3 Å².